The minimum absolute atomic E-state index is 0.439. The molecule has 1 heterocycles. The molecule has 16 heavy (non-hydrogen) atoms. The Hall–Kier alpha value is -1.95. The van der Waals surface area contributed by atoms with Crippen molar-refractivity contribution in [2.45, 2.75) is 6.42 Å². The SMILES string of the molecule is [N-]=[N+]=NCCC#Cc1cc2ccccc2s1. The molecule has 1 aromatic carbocycles. The Morgan fingerprint density at radius 2 is 2.25 bits per heavy atom. The quantitative estimate of drug-likeness (QED) is 0.245. The number of fused-ring (bicyclic) bond motifs is 1. The van der Waals surface area contributed by atoms with Crippen LogP contribution in [0.25, 0.3) is 20.5 Å². The summed E-state index contributed by atoms with van der Waals surface area (Å²) < 4.78 is 1.25. The van der Waals surface area contributed by atoms with Gasteiger partial charge in [0.1, 0.15) is 0 Å². The minimum atomic E-state index is 0.439. The van der Waals surface area contributed by atoms with E-state index < -0.39 is 0 Å². The molecular formula is C12H9N3S. The van der Waals surface area contributed by atoms with E-state index >= 15 is 0 Å². The molecule has 0 atom stereocenters. The summed E-state index contributed by atoms with van der Waals surface area (Å²) in [7, 11) is 0. The van der Waals surface area contributed by atoms with Gasteiger partial charge in [0.15, 0.2) is 0 Å². The van der Waals surface area contributed by atoms with E-state index in [1.165, 1.54) is 10.1 Å². The van der Waals surface area contributed by atoms with Gasteiger partial charge in [0.2, 0.25) is 0 Å². The third-order valence-corrected chi connectivity index (χ3v) is 3.07. The van der Waals surface area contributed by atoms with Crippen LogP contribution in [0.5, 0.6) is 0 Å². The van der Waals surface area contributed by atoms with E-state index in [2.05, 4.69) is 40.1 Å². The zero-order valence-electron chi connectivity index (χ0n) is 8.55. The van der Waals surface area contributed by atoms with Crippen molar-refractivity contribution in [3.05, 3.63) is 45.7 Å². The summed E-state index contributed by atoms with van der Waals surface area (Å²) in [6, 6.07) is 10.3. The van der Waals surface area contributed by atoms with Gasteiger partial charge in [0, 0.05) is 22.6 Å². The lowest BCUT2D eigenvalue weighted by Gasteiger charge is -1.82. The van der Waals surface area contributed by atoms with E-state index in [9.17, 15) is 0 Å². The molecule has 3 nitrogen and oxygen atoms in total. The van der Waals surface area contributed by atoms with Crippen LogP contribution in [0.2, 0.25) is 0 Å². The first-order valence-corrected chi connectivity index (χ1v) is 5.70. The molecule has 0 bridgehead atoms. The molecule has 0 aliphatic rings. The summed E-state index contributed by atoms with van der Waals surface area (Å²) in [6.07, 6.45) is 0.609. The number of rotatable bonds is 2. The second kappa shape index (κ2) is 5.22. The predicted octanol–water partition coefficient (Wildman–Crippen LogP) is 3.95. The van der Waals surface area contributed by atoms with E-state index in [-0.39, 0.29) is 0 Å². The van der Waals surface area contributed by atoms with Gasteiger partial charge in [-0.3, -0.25) is 0 Å². The Labute approximate surface area is 97.3 Å². The number of hydrogen-bond donors (Lipinski definition) is 0. The molecular weight excluding hydrogens is 218 g/mol. The number of thiophene rings is 1. The van der Waals surface area contributed by atoms with Gasteiger partial charge < -0.3 is 0 Å². The zero-order chi connectivity index (χ0) is 11.2. The Bertz CT molecular complexity index is 564. The van der Waals surface area contributed by atoms with Crippen molar-refractivity contribution >= 4 is 21.4 Å². The Morgan fingerprint density at radius 3 is 3.06 bits per heavy atom. The fraction of sp³-hybridized carbons (Fsp3) is 0.167. The highest BCUT2D eigenvalue weighted by atomic mass is 32.1. The predicted molar refractivity (Wildman–Crippen MR) is 67.3 cm³/mol. The summed E-state index contributed by atoms with van der Waals surface area (Å²) in [5, 5.41) is 4.66. The van der Waals surface area contributed by atoms with E-state index in [1.54, 1.807) is 11.3 Å². The molecule has 78 valence electrons. The highest BCUT2D eigenvalue weighted by molar-refractivity contribution is 7.19. The molecule has 0 amide bonds. The Kier molecular flexibility index (Phi) is 3.45. The largest absolute Gasteiger partial charge is 0.127 e. The first kappa shape index (κ1) is 10.6. The van der Waals surface area contributed by atoms with Gasteiger partial charge >= 0.3 is 0 Å². The van der Waals surface area contributed by atoms with Crippen molar-refractivity contribution in [3.63, 3.8) is 0 Å². The highest BCUT2D eigenvalue weighted by Crippen LogP contribution is 2.24. The van der Waals surface area contributed by atoms with Crippen LogP contribution < -0.4 is 0 Å². The van der Waals surface area contributed by atoms with Crippen LogP contribution in [0.3, 0.4) is 0 Å². The summed E-state index contributed by atoms with van der Waals surface area (Å²) in [6.45, 7) is 0.439. The number of azide groups is 1. The van der Waals surface area contributed by atoms with Crippen molar-refractivity contribution < 1.29 is 0 Å². The second-order valence-corrected chi connectivity index (χ2v) is 4.24. The molecule has 0 saturated heterocycles. The van der Waals surface area contributed by atoms with Crippen LogP contribution >= 0.6 is 11.3 Å². The van der Waals surface area contributed by atoms with E-state index in [0.29, 0.717) is 13.0 Å². The number of benzene rings is 1. The molecule has 0 N–H and O–H groups in total. The molecule has 0 fully saturated rings. The molecule has 0 aliphatic carbocycles. The summed E-state index contributed by atoms with van der Waals surface area (Å²) >= 11 is 1.68. The lowest BCUT2D eigenvalue weighted by Crippen LogP contribution is -1.72. The van der Waals surface area contributed by atoms with Crippen molar-refractivity contribution in [2.24, 2.45) is 5.11 Å². The van der Waals surface area contributed by atoms with E-state index in [4.69, 9.17) is 5.53 Å². The lowest BCUT2D eigenvalue weighted by atomic mass is 10.2. The van der Waals surface area contributed by atoms with E-state index in [0.717, 1.165) is 4.88 Å². The van der Waals surface area contributed by atoms with Crippen LogP contribution in [0.1, 0.15) is 11.3 Å². The smallest absolute Gasteiger partial charge is 0.0781 e. The van der Waals surface area contributed by atoms with Gasteiger partial charge in [-0.1, -0.05) is 35.2 Å². The lowest BCUT2D eigenvalue weighted by molar-refractivity contribution is 1.02. The van der Waals surface area contributed by atoms with E-state index in [1.807, 2.05) is 12.1 Å². The average molecular weight is 227 g/mol. The molecule has 0 radical (unpaired) electrons. The zero-order valence-corrected chi connectivity index (χ0v) is 9.37. The average Bonchev–Trinajstić information content (AvgIpc) is 2.71. The summed E-state index contributed by atoms with van der Waals surface area (Å²) in [4.78, 5) is 3.73. The van der Waals surface area contributed by atoms with Gasteiger partial charge in [-0.05, 0) is 23.1 Å². The maximum atomic E-state index is 8.09. The molecule has 0 aliphatic heterocycles. The van der Waals surface area contributed by atoms with Gasteiger partial charge in [0.05, 0.1) is 4.88 Å². The first-order chi connectivity index (χ1) is 7.90. The molecule has 2 rings (SSSR count). The Morgan fingerprint density at radius 1 is 1.38 bits per heavy atom. The standard InChI is InChI=1S/C12H9N3S/c13-15-14-8-4-3-6-11-9-10-5-1-2-7-12(10)16-11/h1-2,5,7,9H,4,8H2. The highest BCUT2D eigenvalue weighted by Gasteiger charge is 1.96. The third-order valence-electron chi connectivity index (χ3n) is 2.04. The maximum Gasteiger partial charge on any atom is 0.0781 e. The normalized spacial score (nSPS) is 9.25. The monoisotopic (exact) mass is 227 g/mol. The molecule has 0 saturated carbocycles. The van der Waals surface area contributed by atoms with Gasteiger partial charge in [0.25, 0.3) is 0 Å². The van der Waals surface area contributed by atoms with Gasteiger partial charge in [-0.15, -0.1) is 11.3 Å². The molecule has 0 unspecified atom stereocenters. The topological polar surface area (TPSA) is 48.8 Å². The van der Waals surface area contributed by atoms with Crippen LogP contribution in [0, 0.1) is 11.8 Å². The van der Waals surface area contributed by atoms with Crippen molar-refractivity contribution in [2.75, 3.05) is 6.54 Å². The maximum absolute atomic E-state index is 8.09. The molecule has 4 heteroatoms. The Balaban J connectivity index is 2.12. The third kappa shape index (κ3) is 2.54. The first-order valence-electron chi connectivity index (χ1n) is 4.88. The summed E-state index contributed by atoms with van der Waals surface area (Å²) in [5.74, 6) is 6.07. The van der Waals surface area contributed by atoms with Crippen LogP contribution in [-0.4, -0.2) is 6.54 Å². The fourth-order valence-electron chi connectivity index (χ4n) is 1.34. The molecule has 2 aromatic rings. The van der Waals surface area contributed by atoms with Crippen molar-refractivity contribution in [3.8, 4) is 11.8 Å². The van der Waals surface area contributed by atoms with Crippen molar-refractivity contribution in [1.29, 1.82) is 0 Å². The van der Waals surface area contributed by atoms with Crippen LogP contribution in [0.15, 0.2) is 35.4 Å². The molecule has 1 aromatic heterocycles. The minimum Gasteiger partial charge on any atom is -0.127 e. The van der Waals surface area contributed by atoms with Crippen molar-refractivity contribution in [1.82, 2.24) is 0 Å². The van der Waals surface area contributed by atoms with Crippen LogP contribution in [0.4, 0.5) is 0 Å². The summed E-state index contributed by atoms with van der Waals surface area (Å²) in [5.41, 5.74) is 8.09. The number of hydrogen-bond acceptors (Lipinski definition) is 2. The van der Waals surface area contributed by atoms with Crippen LogP contribution in [-0.2, 0) is 0 Å². The molecule has 0 spiro atoms. The number of nitrogens with zero attached hydrogens (tertiary/aromatic N) is 3. The van der Waals surface area contributed by atoms with Gasteiger partial charge in [-0.2, -0.15) is 0 Å². The second-order valence-electron chi connectivity index (χ2n) is 3.15. The van der Waals surface area contributed by atoms with Gasteiger partial charge in [-0.25, -0.2) is 0 Å². The fourth-order valence-corrected chi connectivity index (χ4v) is 2.28.